The molecule has 3 nitrogen and oxygen atoms in total. The Labute approximate surface area is 68.1 Å². The van der Waals surface area contributed by atoms with Crippen LogP contribution in [0.5, 0.6) is 0 Å². The summed E-state index contributed by atoms with van der Waals surface area (Å²) in [6.45, 7) is 1.93. The molecule has 0 radical (unpaired) electrons. The molecule has 0 bridgehead atoms. The first-order valence-corrected chi connectivity index (χ1v) is 3.94. The van der Waals surface area contributed by atoms with Crippen molar-refractivity contribution in [3.8, 4) is 0 Å². The van der Waals surface area contributed by atoms with E-state index in [9.17, 15) is 10.1 Å². The van der Waals surface area contributed by atoms with E-state index in [-0.39, 0.29) is 0 Å². The highest BCUT2D eigenvalue weighted by atomic mass is 32.1. The van der Waals surface area contributed by atoms with Crippen molar-refractivity contribution in [3.05, 3.63) is 38.2 Å². The van der Waals surface area contributed by atoms with Crippen molar-refractivity contribution >= 4 is 17.4 Å². The van der Waals surface area contributed by atoms with Crippen molar-refractivity contribution in [3.63, 3.8) is 0 Å². The smallest absolute Gasteiger partial charge is 0.235 e. The molecule has 0 atom stereocenters. The Morgan fingerprint density at radius 2 is 2.45 bits per heavy atom. The Kier molecular flexibility index (Phi) is 2.38. The van der Waals surface area contributed by atoms with Crippen LogP contribution in [0.25, 0.3) is 6.08 Å². The molecule has 0 saturated carbocycles. The lowest BCUT2D eigenvalue weighted by Crippen LogP contribution is -1.81. The maximum absolute atomic E-state index is 9.93. The van der Waals surface area contributed by atoms with Crippen molar-refractivity contribution in [1.82, 2.24) is 0 Å². The second-order valence-corrected chi connectivity index (χ2v) is 3.02. The van der Waals surface area contributed by atoms with E-state index in [1.165, 1.54) is 17.4 Å². The molecule has 0 aliphatic rings. The zero-order valence-corrected chi connectivity index (χ0v) is 6.80. The number of rotatable bonds is 2. The van der Waals surface area contributed by atoms with Crippen LogP contribution in [-0.4, -0.2) is 4.92 Å². The lowest BCUT2D eigenvalue weighted by Gasteiger charge is -1.84. The second kappa shape index (κ2) is 3.30. The number of hydrogen-bond donors (Lipinski definition) is 0. The van der Waals surface area contributed by atoms with Gasteiger partial charge in [-0.2, -0.15) is 0 Å². The molecular formula is C7H7NO2S. The van der Waals surface area contributed by atoms with Gasteiger partial charge in [0.25, 0.3) is 0 Å². The average Bonchev–Trinajstić information content (AvgIpc) is 2.31. The summed E-state index contributed by atoms with van der Waals surface area (Å²) in [7, 11) is 0. The maximum Gasteiger partial charge on any atom is 0.235 e. The zero-order chi connectivity index (χ0) is 8.27. The van der Waals surface area contributed by atoms with Crippen LogP contribution in [0.2, 0.25) is 0 Å². The summed E-state index contributed by atoms with van der Waals surface area (Å²) in [4.78, 5) is 10.4. The average molecular weight is 169 g/mol. The van der Waals surface area contributed by atoms with Gasteiger partial charge in [0.05, 0.1) is 4.92 Å². The van der Waals surface area contributed by atoms with Gasteiger partial charge in [-0.3, -0.25) is 10.1 Å². The van der Waals surface area contributed by atoms with Gasteiger partial charge >= 0.3 is 0 Å². The van der Waals surface area contributed by atoms with E-state index in [4.69, 9.17) is 0 Å². The molecule has 0 unspecified atom stereocenters. The summed E-state index contributed by atoms with van der Waals surface area (Å²) in [6.07, 6.45) is 2.47. The van der Waals surface area contributed by atoms with Crippen molar-refractivity contribution < 1.29 is 4.92 Å². The summed E-state index contributed by atoms with van der Waals surface area (Å²) in [6, 6.07) is 1.93. The van der Waals surface area contributed by atoms with Gasteiger partial charge in [-0.25, -0.2) is 0 Å². The van der Waals surface area contributed by atoms with Gasteiger partial charge in [-0.15, -0.1) is 11.3 Å². The molecular weight excluding hydrogens is 162 g/mol. The Morgan fingerprint density at radius 3 is 2.91 bits per heavy atom. The molecule has 0 saturated heterocycles. The van der Waals surface area contributed by atoms with Crippen LogP contribution in [0, 0.1) is 17.0 Å². The molecule has 1 aromatic rings. The van der Waals surface area contributed by atoms with Crippen LogP contribution in [0.4, 0.5) is 0 Å². The van der Waals surface area contributed by atoms with Gasteiger partial charge in [0, 0.05) is 11.0 Å². The van der Waals surface area contributed by atoms with Crippen LogP contribution in [-0.2, 0) is 0 Å². The van der Waals surface area contributed by atoms with Crippen molar-refractivity contribution in [1.29, 1.82) is 0 Å². The summed E-state index contributed by atoms with van der Waals surface area (Å²) >= 11 is 1.50. The highest BCUT2D eigenvalue weighted by Gasteiger charge is 1.95. The molecule has 0 aromatic carbocycles. The van der Waals surface area contributed by atoms with Gasteiger partial charge in [0.15, 0.2) is 0 Å². The van der Waals surface area contributed by atoms with Crippen molar-refractivity contribution in [2.45, 2.75) is 6.92 Å². The molecule has 1 rings (SSSR count). The topological polar surface area (TPSA) is 43.1 Å². The minimum absolute atomic E-state index is 0.459. The molecule has 4 heteroatoms. The quantitative estimate of drug-likeness (QED) is 0.503. The Hall–Kier alpha value is -1.16. The Balaban J connectivity index is 2.79. The summed E-state index contributed by atoms with van der Waals surface area (Å²) in [5, 5.41) is 11.8. The first kappa shape index (κ1) is 7.94. The fraction of sp³-hybridized carbons (Fsp3) is 0.143. The predicted octanol–water partition coefficient (Wildman–Crippen LogP) is 2.30. The molecule has 0 N–H and O–H groups in total. The van der Waals surface area contributed by atoms with E-state index in [0.29, 0.717) is 0 Å². The van der Waals surface area contributed by atoms with Crippen molar-refractivity contribution in [2.24, 2.45) is 0 Å². The van der Waals surface area contributed by atoms with E-state index in [1.807, 2.05) is 18.4 Å². The molecule has 0 spiro atoms. The molecule has 0 aliphatic carbocycles. The first-order valence-electron chi connectivity index (χ1n) is 3.06. The van der Waals surface area contributed by atoms with Gasteiger partial charge in [0.1, 0.15) is 0 Å². The van der Waals surface area contributed by atoms with Crippen LogP contribution in [0.3, 0.4) is 0 Å². The molecule has 1 heterocycles. The SMILES string of the molecule is Cc1ccsc1C=C[N+](=O)[O-]. The van der Waals surface area contributed by atoms with Gasteiger partial charge < -0.3 is 0 Å². The largest absolute Gasteiger partial charge is 0.259 e. The Bertz CT molecular complexity index is 290. The summed E-state index contributed by atoms with van der Waals surface area (Å²) < 4.78 is 0. The fourth-order valence-corrected chi connectivity index (χ4v) is 1.50. The zero-order valence-electron chi connectivity index (χ0n) is 5.98. The number of nitro groups is 1. The molecule has 1 aromatic heterocycles. The lowest BCUT2D eigenvalue weighted by atomic mass is 10.3. The second-order valence-electron chi connectivity index (χ2n) is 2.07. The number of thiophene rings is 1. The van der Waals surface area contributed by atoms with Gasteiger partial charge in [-0.1, -0.05) is 0 Å². The fourth-order valence-electron chi connectivity index (χ4n) is 0.684. The standard InChI is InChI=1S/C7H7NO2S/c1-6-3-5-11-7(6)2-4-8(9)10/h2-5H,1H3. The van der Waals surface area contributed by atoms with Crippen molar-refractivity contribution in [2.75, 3.05) is 0 Å². The monoisotopic (exact) mass is 169 g/mol. The summed E-state index contributed by atoms with van der Waals surface area (Å²) in [5.74, 6) is 0. The molecule has 0 amide bonds. The van der Waals surface area contributed by atoms with E-state index >= 15 is 0 Å². The van der Waals surface area contributed by atoms with E-state index in [2.05, 4.69) is 0 Å². The highest BCUT2D eigenvalue weighted by molar-refractivity contribution is 7.11. The maximum atomic E-state index is 9.93. The van der Waals surface area contributed by atoms with Crippen LogP contribution < -0.4 is 0 Å². The Morgan fingerprint density at radius 1 is 1.73 bits per heavy atom. The van der Waals surface area contributed by atoms with Crippen LogP contribution in [0.1, 0.15) is 10.4 Å². The minimum Gasteiger partial charge on any atom is -0.259 e. The predicted molar refractivity (Wildman–Crippen MR) is 45.1 cm³/mol. The van der Waals surface area contributed by atoms with Crippen LogP contribution >= 0.6 is 11.3 Å². The highest BCUT2D eigenvalue weighted by Crippen LogP contribution is 2.16. The van der Waals surface area contributed by atoms with E-state index in [0.717, 1.165) is 16.6 Å². The number of aryl methyl sites for hydroxylation is 1. The van der Waals surface area contributed by atoms with Gasteiger partial charge in [-0.05, 0) is 23.9 Å². The first-order chi connectivity index (χ1) is 5.20. The molecule has 11 heavy (non-hydrogen) atoms. The minimum atomic E-state index is -0.459. The molecule has 58 valence electrons. The van der Waals surface area contributed by atoms with E-state index in [1.54, 1.807) is 0 Å². The number of hydrogen-bond acceptors (Lipinski definition) is 3. The number of nitrogens with zero attached hydrogens (tertiary/aromatic N) is 1. The lowest BCUT2D eigenvalue weighted by molar-refractivity contribution is -0.400. The van der Waals surface area contributed by atoms with Gasteiger partial charge in [0.2, 0.25) is 6.20 Å². The third-order valence-electron chi connectivity index (χ3n) is 1.25. The summed E-state index contributed by atoms with van der Waals surface area (Å²) in [5.41, 5.74) is 1.08. The third-order valence-corrected chi connectivity index (χ3v) is 2.23. The third kappa shape index (κ3) is 2.16. The van der Waals surface area contributed by atoms with E-state index < -0.39 is 4.92 Å². The normalized spacial score (nSPS) is 10.6. The molecule has 0 fully saturated rings. The van der Waals surface area contributed by atoms with Crippen LogP contribution in [0.15, 0.2) is 17.6 Å². The molecule has 0 aliphatic heterocycles.